The molecule has 2 aliphatic rings. The molecule has 3 aromatic rings. The van der Waals surface area contributed by atoms with Gasteiger partial charge in [-0.15, -0.1) is 11.3 Å². The number of aryl methyl sites for hydroxylation is 1. The van der Waals surface area contributed by atoms with Crippen molar-refractivity contribution in [3.8, 4) is 11.5 Å². The summed E-state index contributed by atoms with van der Waals surface area (Å²) in [4.78, 5) is 24.9. The quantitative estimate of drug-likeness (QED) is 0.410. The number of nitrogens with zero attached hydrogens (tertiary/aromatic N) is 2. The first-order valence-electron chi connectivity index (χ1n) is 10.6. The van der Waals surface area contributed by atoms with Crippen LogP contribution in [0.1, 0.15) is 49.4 Å². The first-order valence-corrected chi connectivity index (χ1v) is 12.4. The number of thiophene rings is 1. The molecule has 8 heteroatoms. The summed E-state index contributed by atoms with van der Waals surface area (Å²) in [5.74, 6) is 3.37. The number of carbonyl (C=O) groups is 1. The third kappa shape index (κ3) is 4.11. The van der Waals surface area contributed by atoms with Gasteiger partial charge < -0.3 is 14.8 Å². The smallest absolute Gasteiger partial charge is 0.234 e. The van der Waals surface area contributed by atoms with Crippen LogP contribution in [0.25, 0.3) is 10.2 Å². The predicted molar refractivity (Wildman–Crippen MR) is 125 cm³/mol. The van der Waals surface area contributed by atoms with Gasteiger partial charge in [0.1, 0.15) is 15.7 Å². The van der Waals surface area contributed by atoms with Gasteiger partial charge in [-0.3, -0.25) is 4.79 Å². The van der Waals surface area contributed by atoms with Crippen molar-refractivity contribution in [2.75, 3.05) is 17.9 Å². The van der Waals surface area contributed by atoms with Crippen LogP contribution in [0, 0.1) is 5.92 Å². The first-order chi connectivity index (χ1) is 15.0. The number of ether oxygens (including phenoxy) is 2. The maximum absolute atomic E-state index is 12.7. The fourth-order valence-corrected chi connectivity index (χ4v) is 6.31. The Hall–Kier alpha value is -2.32. The third-order valence-electron chi connectivity index (χ3n) is 5.65. The van der Waals surface area contributed by atoms with Gasteiger partial charge in [-0.2, -0.15) is 0 Å². The zero-order valence-electron chi connectivity index (χ0n) is 17.9. The molecule has 3 heterocycles. The number of fused-ring (bicyclic) bond motifs is 4. The molecule has 1 N–H and O–H groups in total. The summed E-state index contributed by atoms with van der Waals surface area (Å²) in [6, 6.07) is 5.43. The molecule has 0 saturated carbocycles. The number of rotatable bonds is 5. The number of thioether (sulfide) groups is 1. The van der Waals surface area contributed by atoms with E-state index in [0.717, 1.165) is 33.9 Å². The molecule has 0 saturated heterocycles. The average Bonchev–Trinajstić information content (AvgIpc) is 3.34. The summed E-state index contributed by atoms with van der Waals surface area (Å²) < 4.78 is 10.7. The number of aromatic nitrogens is 2. The molecule has 31 heavy (non-hydrogen) atoms. The molecule has 0 radical (unpaired) electrons. The summed E-state index contributed by atoms with van der Waals surface area (Å²) in [5, 5.41) is 5.05. The molecule has 0 spiro atoms. The number of hydrogen-bond donors (Lipinski definition) is 1. The van der Waals surface area contributed by atoms with Crippen LogP contribution in [0.3, 0.4) is 0 Å². The van der Waals surface area contributed by atoms with Crippen LogP contribution in [0.4, 0.5) is 5.69 Å². The lowest BCUT2D eigenvalue weighted by Gasteiger charge is -2.18. The van der Waals surface area contributed by atoms with E-state index in [1.165, 1.54) is 28.6 Å². The van der Waals surface area contributed by atoms with Crippen molar-refractivity contribution in [1.82, 2.24) is 9.97 Å². The Labute approximate surface area is 189 Å². The van der Waals surface area contributed by atoms with Gasteiger partial charge >= 0.3 is 0 Å². The summed E-state index contributed by atoms with van der Waals surface area (Å²) >= 11 is 3.31. The zero-order chi connectivity index (χ0) is 21.5. The van der Waals surface area contributed by atoms with Crippen molar-refractivity contribution in [2.24, 2.45) is 5.92 Å². The van der Waals surface area contributed by atoms with Crippen molar-refractivity contribution in [3.63, 3.8) is 0 Å². The van der Waals surface area contributed by atoms with Gasteiger partial charge in [0.05, 0.1) is 5.75 Å². The van der Waals surface area contributed by atoms with Crippen molar-refractivity contribution < 1.29 is 14.3 Å². The van der Waals surface area contributed by atoms with E-state index in [-0.39, 0.29) is 18.6 Å². The van der Waals surface area contributed by atoms with Crippen molar-refractivity contribution in [1.29, 1.82) is 0 Å². The topological polar surface area (TPSA) is 73.3 Å². The monoisotopic (exact) mass is 455 g/mol. The van der Waals surface area contributed by atoms with Gasteiger partial charge in [-0.25, -0.2) is 9.97 Å². The number of anilines is 1. The number of benzene rings is 1. The second-order valence-electron chi connectivity index (χ2n) is 8.48. The van der Waals surface area contributed by atoms with Crippen LogP contribution in [0.15, 0.2) is 23.2 Å². The lowest BCUT2D eigenvalue weighted by molar-refractivity contribution is -0.113. The molecule has 2 aromatic heterocycles. The maximum Gasteiger partial charge on any atom is 0.234 e. The van der Waals surface area contributed by atoms with Gasteiger partial charge in [0.15, 0.2) is 11.5 Å². The first kappa shape index (κ1) is 20.6. The second kappa shape index (κ2) is 8.31. The SMILES string of the molecule is CC(C)c1nc(SCC(=O)Nc2ccc3c(c2)OCO3)c2c3c(sc2n1)C[C@H](C)CC3. The summed E-state index contributed by atoms with van der Waals surface area (Å²) in [7, 11) is 0. The second-order valence-corrected chi connectivity index (χ2v) is 10.5. The van der Waals surface area contributed by atoms with E-state index in [1.54, 1.807) is 17.4 Å². The Morgan fingerprint density at radius 1 is 1.29 bits per heavy atom. The number of carbonyl (C=O) groups excluding carboxylic acids is 1. The van der Waals surface area contributed by atoms with E-state index in [0.29, 0.717) is 28.9 Å². The van der Waals surface area contributed by atoms with E-state index >= 15 is 0 Å². The molecular weight excluding hydrogens is 430 g/mol. The molecule has 1 atom stereocenters. The standard InChI is InChI=1S/C23H25N3O3S2/c1-12(2)21-25-22(20-15-6-4-13(3)8-18(15)31-23(20)26-21)30-10-19(27)24-14-5-7-16-17(9-14)29-11-28-16/h5,7,9,12-13H,4,6,8,10-11H2,1-3H3,(H,24,27)/t13-/m1/s1. The fraction of sp³-hybridized carbons (Fsp3) is 0.435. The molecule has 162 valence electrons. The minimum absolute atomic E-state index is 0.0700. The zero-order valence-corrected chi connectivity index (χ0v) is 19.5. The van der Waals surface area contributed by atoms with Gasteiger partial charge in [0, 0.05) is 27.9 Å². The lowest BCUT2D eigenvalue weighted by atomic mass is 9.89. The molecule has 6 nitrogen and oxygen atoms in total. The van der Waals surface area contributed by atoms with Crippen LogP contribution in [-0.4, -0.2) is 28.4 Å². The summed E-state index contributed by atoms with van der Waals surface area (Å²) in [6.45, 7) is 6.75. The Morgan fingerprint density at radius 3 is 2.97 bits per heavy atom. The van der Waals surface area contributed by atoms with Crippen LogP contribution in [0.2, 0.25) is 0 Å². The highest BCUT2D eigenvalue weighted by atomic mass is 32.2. The van der Waals surface area contributed by atoms with Crippen LogP contribution >= 0.6 is 23.1 Å². The number of nitrogens with one attached hydrogen (secondary N) is 1. The third-order valence-corrected chi connectivity index (χ3v) is 7.78. The Morgan fingerprint density at radius 2 is 2.13 bits per heavy atom. The minimum atomic E-state index is -0.0700. The van der Waals surface area contributed by atoms with Crippen LogP contribution in [-0.2, 0) is 17.6 Å². The molecule has 1 amide bonds. The van der Waals surface area contributed by atoms with Crippen molar-refractivity contribution in [2.45, 2.75) is 51.0 Å². The summed E-state index contributed by atoms with van der Waals surface area (Å²) in [5.41, 5.74) is 2.10. The minimum Gasteiger partial charge on any atom is -0.454 e. The highest BCUT2D eigenvalue weighted by molar-refractivity contribution is 8.00. The molecule has 1 aliphatic heterocycles. The summed E-state index contributed by atoms with van der Waals surface area (Å²) in [6.07, 6.45) is 3.37. The Balaban J connectivity index is 1.38. The highest BCUT2D eigenvalue weighted by Crippen LogP contribution is 2.41. The average molecular weight is 456 g/mol. The van der Waals surface area contributed by atoms with E-state index < -0.39 is 0 Å². The van der Waals surface area contributed by atoms with Crippen LogP contribution in [0.5, 0.6) is 11.5 Å². The highest BCUT2D eigenvalue weighted by Gasteiger charge is 2.25. The molecule has 0 unspecified atom stereocenters. The molecule has 1 aromatic carbocycles. The van der Waals surface area contributed by atoms with E-state index in [1.807, 2.05) is 12.1 Å². The van der Waals surface area contributed by atoms with E-state index in [9.17, 15) is 4.79 Å². The molecule has 1 aliphatic carbocycles. The molecule has 5 rings (SSSR count). The lowest BCUT2D eigenvalue weighted by Crippen LogP contribution is -2.14. The van der Waals surface area contributed by atoms with Crippen molar-refractivity contribution in [3.05, 3.63) is 34.5 Å². The van der Waals surface area contributed by atoms with E-state index in [2.05, 4.69) is 26.1 Å². The van der Waals surface area contributed by atoms with Gasteiger partial charge in [-0.05, 0) is 42.9 Å². The van der Waals surface area contributed by atoms with Crippen LogP contribution < -0.4 is 14.8 Å². The van der Waals surface area contributed by atoms with Gasteiger partial charge in [0.2, 0.25) is 12.7 Å². The van der Waals surface area contributed by atoms with Gasteiger partial charge in [0.25, 0.3) is 0 Å². The van der Waals surface area contributed by atoms with Gasteiger partial charge in [-0.1, -0.05) is 32.5 Å². The number of amides is 1. The predicted octanol–water partition coefficient (Wildman–Crippen LogP) is 5.40. The number of hydrogen-bond acceptors (Lipinski definition) is 7. The van der Waals surface area contributed by atoms with Crippen molar-refractivity contribution >= 4 is 44.9 Å². The fourth-order valence-electron chi connectivity index (χ4n) is 3.99. The molecule has 0 bridgehead atoms. The molecule has 0 fully saturated rings. The largest absolute Gasteiger partial charge is 0.454 e. The Kier molecular flexibility index (Phi) is 5.52. The van der Waals surface area contributed by atoms with E-state index in [4.69, 9.17) is 19.4 Å². The molecular formula is C23H25N3O3S2. The normalized spacial score (nSPS) is 17.2. The Bertz CT molecular complexity index is 1160. The maximum atomic E-state index is 12.7.